The average Bonchev–Trinajstić information content (AvgIpc) is 2.21. The molecule has 14 heavy (non-hydrogen) atoms. The molecule has 0 bridgehead atoms. The molecule has 2 nitrogen and oxygen atoms in total. The minimum atomic E-state index is 0.402. The van der Waals surface area contributed by atoms with E-state index in [-0.39, 0.29) is 0 Å². The van der Waals surface area contributed by atoms with E-state index in [9.17, 15) is 0 Å². The molecule has 0 aliphatic heterocycles. The maximum Gasteiger partial charge on any atom is 0.146 e. The first-order valence-corrected chi connectivity index (χ1v) is 6.31. The second-order valence-corrected chi connectivity index (χ2v) is 3.91. The molecule has 0 aromatic carbocycles. The van der Waals surface area contributed by atoms with Crippen molar-refractivity contribution in [2.75, 3.05) is 25.8 Å². The van der Waals surface area contributed by atoms with Crippen molar-refractivity contribution < 1.29 is 9.47 Å². The van der Waals surface area contributed by atoms with Crippen LogP contribution in [0.1, 0.15) is 32.1 Å². The highest BCUT2D eigenvalue weighted by molar-refractivity contribution is 9.09. The van der Waals surface area contributed by atoms with Gasteiger partial charge in [-0.2, -0.15) is 0 Å². The summed E-state index contributed by atoms with van der Waals surface area (Å²) in [6.07, 6.45) is 10.5. The van der Waals surface area contributed by atoms with Crippen molar-refractivity contribution in [3.05, 3.63) is 12.2 Å². The van der Waals surface area contributed by atoms with Crippen LogP contribution in [0.15, 0.2) is 12.2 Å². The number of allylic oxidation sites excluding steroid dienone is 1. The molecule has 84 valence electrons. The number of hydrogen-bond donors (Lipinski definition) is 0. The predicted octanol–water partition coefficient (Wildman–Crippen LogP) is 3.51. The Kier molecular flexibility index (Phi) is 13.3. The number of rotatable bonds is 10. The maximum atomic E-state index is 5.15. The molecule has 0 amide bonds. The minimum Gasteiger partial charge on any atom is -0.359 e. The molecular formula is C11H21BrO2. The van der Waals surface area contributed by atoms with Crippen LogP contribution in [0.4, 0.5) is 0 Å². The normalized spacial score (nSPS) is 11.3. The fourth-order valence-corrected chi connectivity index (χ4v) is 1.46. The Balaban J connectivity index is 2.96. The third-order valence-corrected chi connectivity index (χ3v) is 2.36. The van der Waals surface area contributed by atoms with Crippen LogP contribution in [0.2, 0.25) is 0 Å². The summed E-state index contributed by atoms with van der Waals surface area (Å²) in [6.45, 7) is 1.16. The van der Waals surface area contributed by atoms with E-state index in [1.165, 1.54) is 25.7 Å². The molecule has 0 aromatic rings. The molecule has 0 N–H and O–H groups in total. The number of methoxy groups -OCH3 is 1. The van der Waals surface area contributed by atoms with Crippen LogP contribution in [0.5, 0.6) is 0 Å². The Morgan fingerprint density at radius 1 is 1.07 bits per heavy atom. The number of alkyl halides is 1. The lowest BCUT2D eigenvalue weighted by Crippen LogP contribution is -1.96. The third kappa shape index (κ3) is 12.1. The largest absolute Gasteiger partial charge is 0.359 e. The summed E-state index contributed by atoms with van der Waals surface area (Å²) < 4.78 is 9.91. The monoisotopic (exact) mass is 264 g/mol. The lowest BCUT2D eigenvalue weighted by atomic mass is 10.2. The van der Waals surface area contributed by atoms with E-state index in [0.717, 1.165) is 18.4 Å². The first kappa shape index (κ1) is 14.1. The van der Waals surface area contributed by atoms with Gasteiger partial charge in [0.1, 0.15) is 6.79 Å². The Morgan fingerprint density at radius 3 is 2.57 bits per heavy atom. The second-order valence-electron chi connectivity index (χ2n) is 3.11. The zero-order valence-corrected chi connectivity index (χ0v) is 10.6. The quantitative estimate of drug-likeness (QED) is 0.260. The number of unbranched alkanes of at least 4 members (excludes halogenated alkanes) is 3. The second kappa shape index (κ2) is 13.1. The highest BCUT2D eigenvalue weighted by Gasteiger charge is 1.85. The Labute approximate surface area is 95.8 Å². The molecule has 0 aliphatic rings. The molecule has 0 spiro atoms. The summed E-state index contributed by atoms with van der Waals surface area (Å²) >= 11 is 3.42. The van der Waals surface area contributed by atoms with Gasteiger partial charge in [0.2, 0.25) is 0 Å². The Hall–Kier alpha value is 0.140. The maximum absolute atomic E-state index is 5.15. The van der Waals surface area contributed by atoms with Crippen molar-refractivity contribution in [2.24, 2.45) is 0 Å². The lowest BCUT2D eigenvalue weighted by molar-refractivity contribution is -0.0285. The van der Waals surface area contributed by atoms with Crippen LogP contribution in [-0.2, 0) is 9.47 Å². The minimum absolute atomic E-state index is 0.402. The summed E-state index contributed by atoms with van der Waals surface area (Å²) in [5.41, 5.74) is 0. The van der Waals surface area contributed by atoms with E-state index >= 15 is 0 Å². The molecule has 0 aliphatic carbocycles. The van der Waals surface area contributed by atoms with Crippen molar-refractivity contribution in [1.29, 1.82) is 0 Å². The van der Waals surface area contributed by atoms with Crippen LogP contribution in [-0.4, -0.2) is 25.8 Å². The van der Waals surface area contributed by atoms with E-state index in [2.05, 4.69) is 28.1 Å². The molecule has 3 heteroatoms. The van der Waals surface area contributed by atoms with Gasteiger partial charge in [0.05, 0.1) is 6.61 Å². The molecule has 0 saturated heterocycles. The molecule has 0 aromatic heterocycles. The van der Waals surface area contributed by atoms with Crippen LogP contribution in [0.3, 0.4) is 0 Å². The average molecular weight is 265 g/mol. The van der Waals surface area contributed by atoms with Crippen molar-refractivity contribution >= 4 is 15.9 Å². The molecule has 0 fully saturated rings. The lowest BCUT2D eigenvalue weighted by Gasteiger charge is -1.98. The SMILES string of the molecule is COCOCCC=CCCCCCBr. The van der Waals surface area contributed by atoms with Gasteiger partial charge in [-0.05, 0) is 25.7 Å². The van der Waals surface area contributed by atoms with Gasteiger partial charge in [-0.25, -0.2) is 0 Å². The van der Waals surface area contributed by atoms with Gasteiger partial charge in [-0.15, -0.1) is 0 Å². The van der Waals surface area contributed by atoms with Gasteiger partial charge in [0.25, 0.3) is 0 Å². The summed E-state index contributed by atoms with van der Waals surface area (Å²) in [4.78, 5) is 0. The fraction of sp³-hybridized carbons (Fsp3) is 0.818. The van der Waals surface area contributed by atoms with E-state index in [1.807, 2.05) is 0 Å². The summed E-state index contributed by atoms with van der Waals surface area (Å²) in [5.74, 6) is 0. The summed E-state index contributed by atoms with van der Waals surface area (Å²) in [5, 5.41) is 1.13. The van der Waals surface area contributed by atoms with Gasteiger partial charge in [-0.1, -0.05) is 34.5 Å². The van der Waals surface area contributed by atoms with E-state index < -0.39 is 0 Å². The van der Waals surface area contributed by atoms with Gasteiger partial charge in [0, 0.05) is 12.4 Å². The number of ether oxygens (including phenoxy) is 2. The topological polar surface area (TPSA) is 18.5 Å². The molecule has 0 rings (SSSR count). The van der Waals surface area contributed by atoms with Gasteiger partial charge in [-0.3, -0.25) is 0 Å². The zero-order chi connectivity index (χ0) is 10.5. The first-order chi connectivity index (χ1) is 6.91. The molecule has 0 atom stereocenters. The standard InChI is InChI=1S/C11H21BrO2/c1-13-11-14-10-8-6-4-2-3-5-7-9-12/h4,6H,2-3,5,7-11H2,1H3. The van der Waals surface area contributed by atoms with Gasteiger partial charge < -0.3 is 9.47 Å². The van der Waals surface area contributed by atoms with Gasteiger partial charge in [0.15, 0.2) is 0 Å². The van der Waals surface area contributed by atoms with Crippen LogP contribution >= 0.6 is 15.9 Å². The van der Waals surface area contributed by atoms with Gasteiger partial charge >= 0.3 is 0 Å². The van der Waals surface area contributed by atoms with E-state index in [1.54, 1.807) is 7.11 Å². The first-order valence-electron chi connectivity index (χ1n) is 5.19. The highest BCUT2D eigenvalue weighted by Crippen LogP contribution is 2.02. The predicted molar refractivity (Wildman–Crippen MR) is 63.8 cm³/mol. The number of halogens is 1. The van der Waals surface area contributed by atoms with E-state index in [0.29, 0.717) is 6.79 Å². The highest BCUT2D eigenvalue weighted by atomic mass is 79.9. The number of hydrogen-bond acceptors (Lipinski definition) is 2. The molecule has 0 radical (unpaired) electrons. The fourth-order valence-electron chi connectivity index (χ4n) is 1.06. The molecule has 0 unspecified atom stereocenters. The summed E-state index contributed by atoms with van der Waals surface area (Å²) in [6, 6.07) is 0. The smallest absolute Gasteiger partial charge is 0.146 e. The molecular weight excluding hydrogens is 244 g/mol. The zero-order valence-electron chi connectivity index (χ0n) is 9.01. The van der Waals surface area contributed by atoms with Crippen LogP contribution in [0, 0.1) is 0 Å². The molecule has 0 saturated carbocycles. The van der Waals surface area contributed by atoms with Crippen molar-refractivity contribution in [2.45, 2.75) is 32.1 Å². The van der Waals surface area contributed by atoms with Crippen LogP contribution < -0.4 is 0 Å². The summed E-state index contributed by atoms with van der Waals surface area (Å²) in [7, 11) is 1.64. The van der Waals surface area contributed by atoms with Crippen molar-refractivity contribution in [3.8, 4) is 0 Å². The Bertz CT molecular complexity index is 112. The van der Waals surface area contributed by atoms with Crippen molar-refractivity contribution in [1.82, 2.24) is 0 Å². The Morgan fingerprint density at radius 2 is 1.86 bits per heavy atom. The van der Waals surface area contributed by atoms with E-state index in [4.69, 9.17) is 9.47 Å². The third-order valence-electron chi connectivity index (χ3n) is 1.80. The van der Waals surface area contributed by atoms with Crippen LogP contribution in [0.25, 0.3) is 0 Å². The molecule has 0 heterocycles. The van der Waals surface area contributed by atoms with Crippen molar-refractivity contribution in [3.63, 3.8) is 0 Å².